The lowest BCUT2D eigenvalue weighted by Crippen LogP contribution is -2.11. The summed E-state index contributed by atoms with van der Waals surface area (Å²) in [6.45, 7) is 1.62. The summed E-state index contributed by atoms with van der Waals surface area (Å²) in [5.74, 6) is 1.16. The van der Waals surface area contributed by atoms with Crippen LogP contribution in [0.25, 0.3) is 11.4 Å². The molecule has 6 nitrogen and oxygen atoms in total. The van der Waals surface area contributed by atoms with E-state index < -0.39 is 11.2 Å². The van der Waals surface area contributed by atoms with Gasteiger partial charge in [0.15, 0.2) is 0 Å². The predicted molar refractivity (Wildman–Crippen MR) is 74.7 cm³/mol. The van der Waals surface area contributed by atoms with Crippen molar-refractivity contribution in [3.63, 3.8) is 0 Å². The van der Waals surface area contributed by atoms with E-state index in [0.29, 0.717) is 17.5 Å². The molecule has 0 aliphatic rings. The van der Waals surface area contributed by atoms with Crippen molar-refractivity contribution in [1.29, 1.82) is 0 Å². The number of aromatic nitrogens is 2. The van der Waals surface area contributed by atoms with Crippen LogP contribution >= 0.6 is 11.8 Å². The summed E-state index contributed by atoms with van der Waals surface area (Å²) in [6, 6.07) is 7.29. The lowest BCUT2D eigenvalue weighted by atomic mass is 10.2. The van der Waals surface area contributed by atoms with Gasteiger partial charge in [-0.15, -0.1) is 11.8 Å². The van der Waals surface area contributed by atoms with Gasteiger partial charge in [-0.25, -0.2) is 0 Å². The van der Waals surface area contributed by atoms with Crippen molar-refractivity contribution in [3.8, 4) is 17.1 Å². The zero-order valence-corrected chi connectivity index (χ0v) is 11.9. The first-order chi connectivity index (χ1) is 9.60. The van der Waals surface area contributed by atoms with E-state index in [-0.39, 0.29) is 0 Å². The minimum absolute atomic E-state index is 0.372. The molecule has 20 heavy (non-hydrogen) atoms. The number of hydrogen-bond donors (Lipinski definition) is 1. The minimum atomic E-state index is -0.857. The number of aliphatic carboxylic acids is 1. The van der Waals surface area contributed by atoms with E-state index in [1.165, 1.54) is 11.8 Å². The van der Waals surface area contributed by atoms with Gasteiger partial charge in [0.2, 0.25) is 11.7 Å². The average molecular weight is 294 g/mol. The second kappa shape index (κ2) is 6.42. The Morgan fingerprint density at radius 2 is 2.15 bits per heavy atom. The Labute approximate surface area is 120 Å². The second-order valence-electron chi connectivity index (χ2n) is 4.03. The monoisotopic (exact) mass is 294 g/mol. The van der Waals surface area contributed by atoms with Crippen molar-refractivity contribution < 1.29 is 19.2 Å². The topological polar surface area (TPSA) is 85.5 Å². The number of ether oxygens (including phenoxy) is 1. The van der Waals surface area contributed by atoms with Crippen LogP contribution in [0.15, 0.2) is 28.8 Å². The molecule has 0 saturated heterocycles. The molecule has 1 unspecified atom stereocenters. The molecule has 1 heterocycles. The molecule has 2 rings (SSSR count). The summed E-state index contributed by atoms with van der Waals surface area (Å²) in [7, 11) is 1.60. The van der Waals surface area contributed by atoms with Crippen molar-refractivity contribution >= 4 is 17.7 Å². The van der Waals surface area contributed by atoms with Crippen molar-refractivity contribution in [2.24, 2.45) is 0 Å². The third kappa shape index (κ3) is 3.51. The fourth-order valence-electron chi connectivity index (χ4n) is 1.44. The maximum Gasteiger partial charge on any atom is 0.316 e. The van der Waals surface area contributed by atoms with E-state index in [4.69, 9.17) is 14.4 Å². The third-order valence-electron chi connectivity index (χ3n) is 2.62. The molecule has 0 radical (unpaired) electrons. The van der Waals surface area contributed by atoms with Crippen LogP contribution in [0.5, 0.6) is 5.75 Å². The second-order valence-corrected chi connectivity index (χ2v) is 5.36. The van der Waals surface area contributed by atoms with Gasteiger partial charge in [0, 0.05) is 5.56 Å². The number of nitrogens with zero attached hydrogens (tertiary/aromatic N) is 2. The van der Waals surface area contributed by atoms with Crippen LogP contribution < -0.4 is 4.74 Å². The van der Waals surface area contributed by atoms with Gasteiger partial charge in [-0.05, 0) is 31.2 Å². The maximum atomic E-state index is 10.7. The van der Waals surface area contributed by atoms with Crippen LogP contribution in [0.4, 0.5) is 0 Å². The van der Waals surface area contributed by atoms with Crippen LogP contribution in [0, 0.1) is 0 Å². The summed E-state index contributed by atoms with van der Waals surface area (Å²) in [4.78, 5) is 14.9. The van der Waals surface area contributed by atoms with E-state index in [0.717, 1.165) is 11.3 Å². The van der Waals surface area contributed by atoms with Crippen LogP contribution in [0.3, 0.4) is 0 Å². The Hall–Kier alpha value is -2.02. The van der Waals surface area contributed by atoms with E-state index in [2.05, 4.69) is 10.1 Å². The normalized spacial score (nSPS) is 12.1. The Bertz CT molecular complexity index is 582. The molecule has 0 aliphatic heterocycles. The standard InChI is InChI=1S/C13H14N2O4S/c1-8(13(16)17)20-7-11-14-12(15-19-11)9-3-5-10(18-2)6-4-9/h3-6,8H,7H2,1-2H3,(H,16,17). The summed E-state index contributed by atoms with van der Waals surface area (Å²) >= 11 is 1.24. The van der Waals surface area contributed by atoms with Crippen molar-refractivity contribution in [2.45, 2.75) is 17.9 Å². The van der Waals surface area contributed by atoms with Gasteiger partial charge in [-0.2, -0.15) is 4.98 Å². The van der Waals surface area contributed by atoms with Crippen LogP contribution in [0.1, 0.15) is 12.8 Å². The summed E-state index contributed by atoms with van der Waals surface area (Å²) < 4.78 is 10.2. The fraction of sp³-hybridized carbons (Fsp3) is 0.308. The van der Waals surface area contributed by atoms with Crippen LogP contribution in [0.2, 0.25) is 0 Å². The van der Waals surface area contributed by atoms with Crippen LogP contribution in [-0.2, 0) is 10.5 Å². The van der Waals surface area contributed by atoms with Crippen LogP contribution in [-0.4, -0.2) is 33.6 Å². The van der Waals surface area contributed by atoms with Gasteiger partial charge in [0.05, 0.1) is 18.1 Å². The molecule has 2 aromatic rings. The van der Waals surface area contributed by atoms with E-state index in [9.17, 15) is 4.79 Å². The zero-order valence-electron chi connectivity index (χ0n) is 11.1. The smallest absolute Gasteiger partial charge is 0.316 e. The zero-order chi connectivity index (χ0) is 14.5. The Kier molecular flexibility index (Phi) is 4.62. The minimum Gasteiger partial charge on any atom is -0.497 e. The summed E-state index contributed by atoms with van der Waals surface area (Å²) in [5, 5.41) is 12.2. The predicted octanol–water partition coefficient (Wildman–Crippen LogP) is 2.45. The number of hydrogen-bond acceptors (Lipinski definition) is 6. The molecule has 0 amide bonds. The molecule has 0 bridgehead atoms. The highest BCUT2D eigenvalue weighted by atomic mass is 32.2. The van der Waals surface area contributed by atoms with E-state index >= 15 is 0 Å². The fourth-order valence-corrected chi connectivity index (χ4v) is 2.09. The first-order valence-electron chi connectivity index (χ1n) is 5.91. The summed E-state index contributed by atoms with van der Waals surface area (Å²) in [5.41, 5.74) is 0.817. The molecular weight excluding hydrogens is 280 g/mol. The van der Waals surface area contributed by atoms with Crippen molar-refractivity contribution in [2.75, 3.05) is 7.11 Å². The van der Waals surface area contributed by atoms with E-state index in [1.807, 2.05) is 24.3 Å². The van der Waals surface area contributed by atoms with E-state index in [1.54, 1.807) is 14.0 Å². The maximum absolute atomic E-state index is 10.7. The van der Waals surface area contributed by atoms with Gasteiger partial charge in [0.1, 0.15) is 5.75 Å². The Balaban J connectivity index is 2.02. The molecule has 1 aromatic heterocycles. The molecule has 1 atom stereocenters. The van der Waals surface area contributed by atoms with Gasteiger partial charge in [0.25, 0.3) is 0 Å². The largest absolute Gasteiger partial charge is 0.497 e. The molecule has 1 N–H and O–H groups in total. The first kappa shape index (κ1) is 14.4. The Morgan fingerprint density at radius 3 is 2.75 bits per heavy atom. The third-order valence-corrected chi connectivity index (χ3v) is 3.74. The highest BCUT2D eigenvalue weighted by molar-refractivity contribution is 7.99. The lowest BCUT2D eigenvalue weighted by molar-refractivity contribution is -0.136. The first-order valence-corrected chi connectivity index (χ1v) is 6.96. The van der Waals surface area contributed by atoms with Gasteiger partial charge < -0.3 is 14.4 Å². The number of methoxy groups -OCH3 is 1. The molecule has 0 fully saturated rings. The number of carbonyl (C=O) groups is 1. The quantitative estimate of drug-likeness (QED) is 0.875. The number of thioether (sulfide) groups is 1. The molecule has 0 saturated carbocycles. The SMILES string of the molecule is COc1ccc(-c2noc(CSC(C)C(=O)O)n2)cc1. The van der Waals surface area contributed by atoms with Crippen molar-refractivity contribution in [3.05, 3.63) is 30.2 Å². The van der Waals surface area contributed by atoms with Crippen molar-refractivity contribution in [1.82, 2.24) is 10.1 Å². The summed E-state index contributed by atoms with van der Waals surface area (Å²) in [6.07, 6.45) is 0. The number of carboxylic acid groups (broad SMARTS) is 1. The molecule has 1 aromatic carbocycles. The Morgan fingerprint density at radius 1 is 1.45 bits per heavy atom. The highest BCUT2D eigenvalue weighted by Crippen LogP contribution is 2.22. The number of carboxylic acids is 1. The molecule has 0 aliphatic carbocycles. The molecule has 106 valence electrons. The highest BCUT2D eigenvalue weighted by Gasteiger charge is 2.14. The number of benzene rings is 1. The molecule has 7 heteroatoms. The van der Waals surface area contributed by atoms with Gasteiger partial charge in [-0.1, -0.05) is 5.16 Å². The van der Waals surface area contributed by atoms with Gasteiger partial charge >= 0.3 is 5.97 Å². The lowest BCUT2D eigenvalue weighted by Gasteiger charge is -2.01. The molecular formula is C13H14N2O4S. The van der Waals surface area contributed by atoms with Gasteiger partial charge in [-0.3, -0.25) is 4.79 Å². The number of rotatable bonds is 6. The average Bonchev–Trinajstić information content (AvgIpc) is 2.93. The molecule has 0 spiro atoms.